The van der Waals surface area contributed by atoms with E-state index in [0.29, 0.717) is 15.6 Å². The fraction of sp³-hybridized carbons (Fsp3) is 0.200. The van der Waals surface area contributed by atoms with Crippen LogP contribution in [0.4, 0.5) is 0 Å². The monoisotopic (exact) mass is 214 g/mol. The van der Waals surface area contributed by atoms with Gasteiger partial charge in [0.25, 0.3) is 0 Å². The van der Waals surface area contributed by atoms with Crippen LogP contribution in [0.15, 0.2) is 18.2 Å². The molecule has 0 heterocycles. The van der Waals surface area contributed by atoms with Crippen LogP contribution >= 0.6 is 23.2 Å². The average molecular weight is 215 g/mol. The fourth-order valence-corrected chi connectivity index (χ4v) is 1.34. The van der Waals surface area contributed by atoms with E-state index in [-0.39, 0.29) is 0 Å². The Hall–Kier alpha value is -0.680. The summed E-state index contributed by atoms with van der Waals surface area (Å²) in [5, 5.41) is 10.0. The summed E-state index contributed by atoms with van der Waals surface area (Å²) in [5.74, 6) is 5.36. The quantitative estimate of drug-likeness (QED) is 0.659. The highest BCUT2D eigenvalue weighted by atomic mass is 35.5. The lowest BCUT2D eigenvalue weighted by atomic mass is 10.2. The van der Waals surface area contributed by atoms with E-state index in [2.05, 4.69) is 11.8 Å². The number of hydrogen-bond donors (Lipinski definition) is 1. The first-order chi connectivity index (χ1) is 6.08. The molecule has 1 rings (SSSR count). The van der Waals surface area contributed by atoms with Crippen molar-refractivity contribution < 1.29 is 5.11 Å². The second-order valence-corrected chi connectivity index (χ2v) is 3.48. The normalized spacial score (nSPS) is 11.7. The molecule has 0 aromatic heterocycles. The maximum absolute atomic E-state index is 8.91. The van der Waals surface area contributed by atoms with Gasteiger partial charge in [-0.15, -0.1) is 0 Å². The molecule has 68 valence electrons. The van der Waals surface area contributed by atoms with Crippen LogP contribution in [0.2, 0.25) is 10.0 Å². The molecule has 0 aliphatic rings. The summed E-state index contributed by atoms with van der Waals surface area (Å²) in [6.45, 7) is 1.60. The Morgan fingerprint density at radius 3 is 2.23 bits per heavy atom. The van der Waals surface area contributed by atoms with Gasteiger partial charge in [0.15, 0.2) is 0 Å². The highest BCUT2D eigenvalue weighted by molar-refractivity contribution is 6.34. The van der Waals surface area contributed by atoms with Gasteiger partial charge in [-0.25, -0.2) is 0 Å². The van der Waals surface area contributed by atoms with Gasteiger partial charge in [-0.05, 0) is 25.1 Å². The van der Waals surface area contributed by atoms with Crippen LogP contribution in [0.5, 0.6) is 0 Å². The van der Waals surface area contributed by atoms with Crippen molar-refractivity contribution in [2.75, 3.05) is 0 Å². The van der Waals surface area contributed by atoms with Crippen LogP contribution in [0.3, 0.4) is 0 Å². The number of aliphatic hydroxyl groups is 1. The summed E-state index contributed by atoms with van der Waals surface area (Å²) in [6.07, 6.45) is -0.641. The van der Waals surface area contributed by atoms with E-state index in [0.717, 1.165) is 0 Å². The van der Waals surface area contributed by atoms with E-state index in [9.17, 15) is 0 Å². The Morgan fingerprint density at radius 2 is 1.77 bits per heavy atom. The molecule has 0 amide bonds. The maximum atomic E-state index is 8.91. The molecule has 0 saturated heterocycles. The zero-order valence-corrected chi connectivity index (χ0v) is 8.52. The lowest BCUT2D eigenvalue weighted by Gasteiger charge is -1.94. The molecule has 0 fully saturated rings. The molecule has 0 aliphatic heterocycles. The second-order valence-electron chi connectivity index (χ2n) is 2.60. The largest absolute Gasteiger partial charge is 0.381 e. The number of rotatable bonds is 0. The number of hydrogen-bond acceptors (Lipinski definition) is 1. The van der Waals surface area contributed by atoms with Gasteiger partial charge < -0.3 is 5.11 Å². The molecule has 1 N–H and O–H groups in total. The molecule has 13 heavy (non-hydrogen) atoms. The zero-order chi connectivity index (χ0) is 9.84. The van der Waals surface area contributed by atoms with E-state index in [4.69, 9.17) is 28.3 Å². The van der Waals surface area contributed by atoms with Crippen molar-refractivity contribution in [2.24, 2.45) is 0 Å². The summed E-state index contributed by atoms with van der Waals surface area (Å²) in [7, 11) is 0. The van der Waals surface area contributed by atoms with Gasteiger partial charge in [0, 0.05) is 15.6 Å². The van der Waals surface area contributed by atoms with Crippen LogP contribution in [0, 0.1) is 11.8 Å². The molecule has 1 aromatic carbocycles. The molecule has 0 saturated carbocycles. The van der Waals surface area contributed by atoms with Gasteiger partial charge in [0.1, 0.15) is 6.10 Å². The molecule has 3 heteroatoms. The van der Waals surface area contributed by atoms with E-state index in [1.165, 1.54) is 0 Å². The first kappa shape index (κ1) is 10.4. The minimum absolute atomic E-state index is 0.544. The molecular weight excluding hydrogens is 207 g/mol. The molecule has 1 aromatic rings. The second kappa shape index (κ2) is 4.53. The summed E-state index contributed by atoms with van der Waals surface area (Å²) < 4.78 is 0. The van der Waals surface area contributed by atoms with Crippen molar-refractivity contribution in [1.82, 2.24) is 0 Å². The summed E-state index contributed by atoms with van der Waals surface area (Å²) >= 11 is 11.5. The van der Waals surface area contributed by atoms with Crippen molar-refractivity contribution in [1.29, 1.82) is 0 Å². The summed E-state index contributed by atoms with van der Waals surface area (Å²) in [6, 6.07) is 5.03. The van der Waals surface area contributed by atoms with Gasteiger partial charge >= 0.3 is 0 Å². The van der Waals surface area contributed by atoms with Crippen LogP contribution < -0.4 is 0 Å². The molecule has 0 aliphatic carbocycles. The zero-order valence-electron chi connectivity index (χ0n) is 7.01. The van der Waals surface area contributed by atoms with Gasteiger partial charge in [0.2, 0.25) is 0 Å². The Labute approximate surface area is 87.3 Å². The van der Waals surface area contributed by atoms with Crippen LogP contribution in [-0.4, -0.2) is 11.2 Å². The predicted molar refractivity (Wildman–Crippen MR) is 55.0 cm³/mol. The third-order valence-corrected chi connectivity index (χ3v) is 1.72. The maximum Gasteiger partial charge on any atom is 0.112 e. The third kappa shape index (κ3) is 3.69. The van der Waals surface area contributed by atoms with E-state index < -0.39 is 6.10 Å². The van der Waals surface area contributed by atoms with Gasteiger partial charge in [0.05, 0.1) is 0 Å². The van der Waals surface area contributed by atoms with Gasteiger partial charge in [-0.3, -0.25) is 0 Å². The topological polar surface area (TPSA) is 20.2 Å². The highest BCUT2D eigenvalue weighted by Gasteiger charge is 1.94. The molecule has 0 spiro atoms. The Bertz CT molecular complexity index is 341. The molecule has 1 atom stereocenters. The fourth-order valence-electron chi connectivity index (χ4n) is 0.814. The Morgan fingerprint density at radius 1 is 1.23 bits per heavy atom. The number of aliphatic hydroxyl groups excluding tert-OH is 1. The van der Waals surface area contributed by atoms with E-state index in [1.807, 2.05) is 0 Å². The SMILES string of the molecule is CC(O)C#Cc1cc(Cl)cc(Cl)c1. The molecular formula is C10H8Cl2O. The first-order valence-electron chi connectivity index (χ1n) is 3.73. The van der Waals surface area contributed by atoms with Crippen molar-refractivity contribution in [3.8, 4) is 11.8 Å². The Kier molecular flexibility index (Phi) is 3.62. The molecule has 1 unspecified atom stereocenters. The molecule has 0 radical (unpaired) electrons. The standard InChI is InChI=1S/C10H8Cl2O/c1-7(13)2-3-8-4-9(11)6-10(12)5-8/h4-7,13H,1H3. The number of halogens is 2. The molecule has 1 nitrogen and oxygen atoms in total. The van der Waals surface area contributed by atoms with Gasteiger partial charge in [-0.1, -0.05) is 35.0 Å². The Balaban J connectivity index is 2.98. The summed E-state index contributed by atoms with van der Waals surface area (Å²) in [5.41, 5.74) is 0.707. The van der Waals surface area contributed by atoms with Crippen molar-refractivity contribution in [2.45, 2.75) is 13.0 Å². The van der Waals surface area contributed by atoms with Crippen LogP contribution in [-0.2, 0) is 0 Å². The van der Waals surface area contributed by atoms with E-state index >= 15 is 0 Å². The smallest absolute Gasteiger partial charge is 0.112 e. The van der Waals surface area contributed by atoms with E-state index in [1.54, 1.807) is 25.1 Å². The molecule has 0 bridgehead atoms. The predicted octanol–water partition coefficient (Wildman–Crippen LogP) is 2.73. The third-order valence-electron chi connectivity index (χ3n) is 1.29. The van der Waals surface area contributed by atoms with Crippen molar-refractivity contribution in [3.63, 3.8) is 0 Å². The van der Waals surface area contributed by atoms with Crippen molar-refractivity contribution in [3.05, 3.63) is 33.8 Å². The lowest BCUT2D eigenvalue weighted by Crippen LogP contribution is -1.92. The minimum atomic E-state index is -0.641. The first-order valence-corrected chi connectivity index (χ1v) is 4.49. The van der Waals surface area contributed by atoms with Gasteiger partial charge in [-0.2, -0.15) is 0 Å². The lowest BCUT2D eigenvalue weighted by molar-refractivity contribution is 0.253. The number of benzene rings is 1. The minimum Gasteiger partial charge on any atom is -0.381 e. The average Bonchev–Trinajstić information content (AvgIpc) is 1.99. The van der Waals surface area contributed by atoms with Crippen LogP contribution in [0.25, 0.3) is 0 Å². The summed E-state index contributed by atoms with van der Waals surface area (Å²) in [4.78, 5) is 0. The highest BCUT2D eigenvalue weighted by Crippen LogP contribution is 2.18. The van der Waals surface area contributed by atoms with Crippen LogP contribution in [0.1, 0.15) is 12.5 Å². The van der Waals surface area contributed by atoms with Crippen molar-refractivity contribution >= 4 is 23.2 Å².